The first-order valence-electron chi connectivity index (χ1n) is 7.86. The van der Waals surface area contributed by atoms with E-state index in [1.807, 2.05) is 25.3 Å². The third kappa shape index (κ3) is 4.91. The van der Waals surface area contributed by atoms with Gasteiger partial charge in [-0.05, 0) is 32.0 Å². The van der Waals surface area contributed by atoms with Gasteiger partial charge in [-0.2, -0.15) is 13.2 Å². The average Bonchev–Trinajstić information content (AvgIpc) is 2.97. The van der Waals surface area contributed by atoms with E-state index in [0.29, 0.717) is 11.6 Å². The van der Waals surface area contributed by atoms with Gasteiger partial charge < -0.3 is 9.88 Å². The molecule has 2 rings (SSSR count). The average molecular weight is 407 g/mol. The van der Waals surface area contributed by atoms with Gasteiger partial charge in [-0.3, -0.25) is 4.79 Å². The zero-order valence-electron chi connectivity index (χ0n) is 14.4. The van der Waals surface area contributed by atoms with Gasteiger partial charge in [0, 0.05) is 12.5 Å². The first-order chi connectivity index (χ1) is 12.1. The Bertz CT molecular complexity index is 792. The number of benzene rings is 1. The molecule has 10 heteroatoms. The Labute approximate surface area is 158 Å². The summed E-state index contributed by atoms with van der Waals surface area (Å²) in [6.45, 7) is 5.92. The second-order valence-corrected chi connectivity index (χ2v) is 7.10. The number of amides is 1. The number of nitrogens with zero attached hydrogens (tertiary/aromatic N) is 3. The van der Waals surface area contributed by atoms with Crippen LogP contribution in [0.25, 0.3) is 0 Å². The molecule has 1 aromatic heterocycles. The van der Waals surface area contributed by atoms with Crippen molar-refractivity contribution < 1.29 is 18.0 Å². The van der Waals surface area contributed by atoms with Gasteiger partial charge in [0.25, 0.3) is 0 Å². The van der Waals surface area contributed by atoms with Crippen LogP contribution in [-0.2, 0) is 17.4 Å². The normalized spacial score (nSPS) is 11.8. The number of aryl methyl sites for hydroxylation is 1. The van der Waals surface area contributed by atoms with Crippen LogP contribution in [0.15, 0.2) is 23.4 Å². The summed E-state index contributed by atoms with van der Waals surface area (Å²) in [7, 11) is 0. The minimum atomic E-state index is -4.51. The lowest BCUT2D eigenvalue weighted by Gasteiger charge is -2.13. The highest BCUT2D eigenvalue weighted by Crippen LogP contribution is 2.34. The van der Waals surface area contributed by atoms with Crippen LogP contribution < -0.4 is 5.32 Å². The summed E-state index contributed by atoms with van der Waals surface area (Å²) >= 11 is 7.05. The van der Waals surface area contributed by atoms with E-state index in [4.69, 9.17) is 11.6 Å². The van der Waals surface area contributed by atoms with E-state index in [1.54, 1.807) is 0 Å². The van der Waals surface area contributed by atoms with E-state index in [0.717, 1.165) is 24.0 Å². The number of aromatic nitrogens is 3. The lowest BCUT2D eigenvalue weighted by atomic mass is 10.2. The summed E-state index contributed by atoms with van der Waals surface area (Å²) in [6.07, 6.45) is -3.80. The van der Waals surface area contributed by atoms with Crippen LogP contribution in [-0.4, -0.2) is 26.4 Å². The van der Waals surface area contributed by atoms with E-state index in [-0.39, 0.29) is 22.5 Å². The predicted octanol–water partition coefficient (Wildman–Crippen LogP) is 4.82. The molecule has 0 aliphatic rings. The summed E-state index contributed by atoms with van der Waals surface area (Å²) < 4.78 is 40.3. The van der Waals surface area contributed by atoms with Crippen molar-refractivity contribution in [3.63, 3.8) is 0 Å². The Morgan fingerprint density at radius 3 is 2.62 bits per heavy atom. The Balaban J connectivity index is 2.08. The molecule has 0 bridgehead atoms. The van der Waals surface area contributed by atoms with Gasteiger partial charge in [0.05, 0.1) is 22.0 Å². The lowest BCUT2D eigenvalue weighted by molar-refractivity contribution is -0.137. The van der Waals surface area contributed by atoms with Crippen LogP contribution in [0.1, 0.15) is 38.2 Å². The standard InChI is InChI=1S/C16H18ClF3N4OS/c1-4-13-22-23-15(24(13)9(2)3)26-8-14(25)21-12-7-10(16(18,19)20)5-6-11(12)17/h5-7,9H,4,8H2,1-3H3,(H,21,25). The van der Waals surface area contributed by atoms with Crippen molar-refractivity contribution >= 4 is 35.0 Å². The molecule has 0 saturated carbocycles. The van der Waals surface area contributed by atoms with Gasteiger partial charge in [0.15, 0.2) is 5.16 Å². The highest BCUT2D eigenvalue weighted by atomic mass is 35.5. The van der Waals surface area contributed by atoms with Gasteiger partial charge in [-0.1, -0.05) is 30.3 Å². The molecule has 1 aromatic carbocycles. The lowest BCUT2D eigenvalue weighted by Crippen LogP contribution is -2.16. The van der Waals surface area contributed by atoms with Gasteiger partial charge in [-0.25, -0.2) is 0 Å². The highest BCUT2D eigenvalue weighted by molar-refractivity contribution is 7.99. The number of anilines is 1. The van der Waals surface area contributed by atoms with E-state index < -0.39 is 17.6 Å². The van der Waals surface area contributed by atoms with Crippen LogP contribution in [0.2, 0.25) is 5.02 Å². The summed E-state index contributed by atoms with van der Waals surface area (Å²) in [5.41, 5.74) is -0.955. The number of thioether (sulfide) groups is 1. The van der Waals surface area contributed by atoms with Crippen LogP contribution in [0, 0.1) is 0 Å². The summed E-state index contributed by atoms with van der Waals surface area (Å²) in [6, 6.07) is 2.92. The van der Waals surface area contributed by atoms with Crippen LogP contribution in [0.4, 0.5) is 18.9 Å². The molecular formula is C16H18ClF3N4OS. The largest absolute Gasteiger partial charge is 0.416 e. The van der Waals surface area contributed by atoms with Crippen molar-refractivity contribution in [1.29, 1.82) is 0 Å². The molecule has 2 aromatic rings. The monoisotopic (exact) mass is 406 g/mol. The fraction of sp³-hybridized carbons (Fsp3) is 0.438. The Morgan fingerprint density at radius 1 is 1.35 bits per heavy atom. The Hall–Kier alpha value is -1.74. The number of carbonyl (C=O) groups is 1. The van der Waals surface area contributed by atoms with Crippen molar-refractivity contribution in [3.05, 3.63) is 34.6 Å². The molecule has 5 nitrogen and oxygen atoms in total. The Kier molecular flexibility index (Phi) is 6.57. The number of nitrogens with one attached hydrogen (secondary N) is 1. The molecule has 1 amide bonds. The highest BCUT2D eigenvalue weighted by Gasteiger charge is 2.31. The molecule has 0 spiro atoms. The molecule has 0 fully saturated rings. The molecule has 0 aliphatic heterocycles. The summed E-state index contributed by atoms with van der Waals surface area (Å²) in [4.78, 5) is 12.1. The number of hydrogen-bond donors (Lipinski definition) is 1. The SMILES string of the molecule is CCc1nnc(SCC(=O)Nc2cc(C(F)(F)F)ccc2Cl)n1C(C)C. The minimum absolute atomic E-state index is 0.0266. The van der Waals surface area contributed by atoms with Crippen molar-refractivity contribution in [2.45, 2.75) is 44.6 Å². The molecule has 0 saturated heterocycles. The molecule has 0 unspecified atom stereocenters. The van der Waals surface area contributed by atoms with E-state index >= 15 is 0 Å². The number of alkyl halides is 3. The third-order valence-corrected chi connectivity index (χ3v) is 4.74. The second-order valence-electron chi connectivity index (χ2n) is 5.75. The first-order valence-corrected chi connectivity index (χ1v) is 9.23. The maximum atomic E-state index is 12.8. The quantitative estimate of drug-likeness (QED) is 0.698. The number of rotatable bonds is 6. The zero-order chi connectivity index (χ0) is 19.5. The smallest absolute Gasteiger partial charge is 0.324 e. The molecule has 0 atom stereocenters. The van der Waals surface area contributed by atoms with Crippen molar-refractivity contribution in [3.8, 4) is 0 Å². The van der Waals surface area contributed by atoms with E-state index in [2.05, 4.69) is 15.5 Å². The van der Waals surface area contributed by atoms with Gasteiger partial charge in [0.1, 0.15) is 5.82 Å². The number of carbonyl (C=O) groups excluding carboxylic acids is 1. The summed E-state index contributed by atoms with van der Waals surface area (Å²) in [5, 5.41) is 11.2. The molecular weight excluding hydrogens is 389 g/mol. The minimum Gasteiger partial charge on any atom is -0.324 e. The first kappa shape index (κ1) is 20.6. The molecule has 142 valence electrons. The van der Waals surface area contributed by atoms with Crippen molar-refractivity contribution in [2.75, 3.05) is 11.1 Å². The zero-order valence-corrected chi connectivity index (χ0v) is 16.0. The van der Waals surface area contributed by atoms with Crippen LogP contribution >= 0.6 is 23.4 Å². The van der Waals surface area contributed by atoms with Gasteiger partial charge >= 0.3 is 6.18 Å². The van der Waals surface area contributed by atoms with Gasteiger partial charge in [-0.15, -0.1) is 10.2 Å². The third-order valence-electron chi connectivity index (χ3n) is 3.47. The molecule has 1 N–H and O–H groups in total. The van der Waals surface area contributed by atoms with Crippen molar-refractivity contribution in [2.24, 2.45) is 0 Å². The molecule has 1 heterocycles. The Morgan fingerprint density at radius 2 is 2.04 bits per heavy atom. The van der Waals surface area contributed by atoms with E-state index in [9.17, 15) is 18.0 Å². The fourth-order valence-corrected chi connectivity index (χ4v) is 3.33. The second kappa shape index (κ2) is 8.30. The maximum absolute atomic E-state index is 12.8. The number of hydrogen-bond acceptors (Lipinski definition) is 4. The molecule has 0 radical (unpaired) electrons. The maximum Gasteiger partial charge on any atom is 0.416 e. The van der Waals surface area contributed by atoms with Crippen LogP contribution in [0.3, 0.4) is 0 Å². The fourth-order valence-electron chi connectivity index (χ4n) is 2.28. The summed E-state index contributed by atoms with van der Waals surface area (Å²) in [5.74, 6) is 0.303. The molecule has 0 aliphatic carbocycles. The topological polar surface area (TPSA) is 59.8 Å². The van der Waals surface area contributed by atoms with Crippen molar-refractivity contribution in [1.82, 2.24) is 14.8 Å². The predicted molar refractivity (Wildman–Crippen MR) is 95.6 cm³/mol. The molecule has 26 heavy (non-hydrogen) atoms. The van der Waals surface area contributed by atoms with E-state index in [1.165, 1.54) is 11.8 Å². The number of halogens is 4. The van der Waals surface area contributed by atoms with Crippen LogP contribution in [0.5, 0.6) is 0 Å². The van der Waals surface area contributed by atoms with Gasteiger partial charge in [0.2, 0.25) is 5.91 Å².